The number of hydrogen-bond acceptors (Lipinski definition) is 2. The number of aliphatic hydroxyl groups excluding tert-OH is 1. The molecule has 0 heterocycles. The fourth-order valence-corrected chi connectivity index (χ4v) is 1.98. The second kappa shape index (κ2) is 1.53. The molecule has 3 nitrogen and oxygen atoms in total. The van der Waals surface area contributed by atoms with Crippen molar-refractivity contribution in [2.24, 2.45) is 17.3 Å². The van der Waals surface area contributed by atoms with Gasteiger partial charge in [0.2, 0.25) is 0 Å². The molecule has 0 saturated heterocycles. The minimum Gasteiger partial charge on any atom is -0.481 e. The van der Waals surface area contributed by atoms with Crippen LogP contribution in [0.5, 0.6) is 0 Å². The molecule has 0 aliphatic heterocycles. The fraction of sp³-hybridized carbons (Fsp3) is 0.857. The molecule has 10 heavy (non-hydrogen) atoms. The van der Waals surface area contributed by atoms with Crippen molar-refractivity contribution in [3.05, 3.63) is 0 Å². The van der Waals surface area contributed by atoms with Gasteiger partial charge in [-0.2, -0.15) is 0 Å². The second-order valence-corrected chi connectivity index (χ2v) is 3.41. The second-order valence-electron chi connectivity index (χ2n) is 3.41. The van der Waals surface area contributed by atoms with E-state index in [1.165, 1.54) is 0 Å². The van der Waals surface area contributed by atoms with Crippen LogP contribution in [0.1, 0.15) is 12.8 Å². The molecule has 2 saturated carbocycles. The van der Waals surface area contributed by atoms with Crippen LogP contribution in [0.15, 0.2) is 0 Å². The highest BCUT2D eigenvalue weighted by atomic mass is 16.4. The Labute approximate surface area is 58.7 Å². The van der Waals surface area contributed by atoms with Gasteiger partial charge in [-0.1, -0.05) is 0 Å². The highest BCUT2D eigenvalue weighted by Crippen LogP contribution is 2.74. The Morgan fingerprint density at radius 1 is 1.60 bits per heavy atom. The molecular formula is C7H10O3. The first-order valence-corrected chi connectivity index (χ1v) is 3.54. The zero-order chi connectivity index (χ0) is 7.35. The summed E-state index contributed by atoms with van der Waals surface area (Å²) >= 11 is 0. The first kappa shape index (κ1) is 6.16. The average Bonchev–Trinajstić information content (AvgIpc) is 2.73. The summed E-state index contributed by atoms with van der Waals surface area (Å²) in [6, 6.07) is 0. The molecule has 3 atom stereocenters. The quantitative estimate of drug-likeness (QED) is 0.574. The van der Waals surface area contributed by atoms with Crippen molar-refractivity contribution in [2.45, 2.75) is 12.8 Å². The Kier molecular flexibility index (Phi) is 0.944. The van der Waals surface area contributed by atoms with E-state index in [2.05, 4.69) is 0 Å². The molecule has 0 radical (unpaired) electrons. The van der Waals surface area contributed by atoms with Gasteiger partial charge in [0.15, 0.2) is 0 Å². The number of carboxylic acid groups (broad SMARTS) is 1. The largest absolute Gasteiger partial charge is 0.481 e. The topological polar surface area (TPSA) is 57.5 Å². The predicted molar refractivity (Wildman–Crippen MR) is 33.4 cm³/mol. The number of carboxylic acids is 1. The van der Waals surface area contributed by atoms with Crippen molar-refractivity contribution in [1.82, 2.24) is 0 Å². The van der Waals surface area contributed by atoms with Crippen LogP contribution in [0, 0.1) is 17.3 Å². The lowest BCUT2D eigenvalue weighted by molar-refractivity contribution is -0.139. The van der Waals surface area contributed by atoms with Crippen LogP contribution in [0.2, 0.25) is 0 Å². The van der Waals surface area contributed by atoms with Crippen molar-refractivity contribution < 1.29 is 15.0 Å². The van der Waals surface area contributed by atoms with Gasteiger partial charge in [0.1, 0.15) is 0 Å². The molecule has 2 rings (SSSR count). The van der Waals surface area contributed by atoms with E-state index in [-0.39, 0.29) is 17.9 Å². The lowest BCUT2D eigenvalue weighted by Crippen LogP contribution is -2.01. The summed E-state index contributed by atoms with van der Waals surface area (Å²) in [5.74, 6) is -0.519. The zero-order valence-corrected chi connectivity index (χ0v) is 5.58. The van der Waals surface area contributed by atoms with E-state index in [0.717, 1.165) is 12.8 Å². The molecule has 1 spiro atoms. The molecule has 56 valence electrons. The average molecular weight is 142 g/mol. The van der Waals surface area contributed by atoms with E-state index in [1.807, 2.05) is 0 Å². The van der Waals surface area contributed by atoms with Gasteiger partial charge in [0.05, 0.1) is 5.92 Å². The standard InChI is InChI=1S/C7H10O3/c8-3-4-1-7(4)2-5(7)6(9)10/h4-5,8H,1-3H2,(H,9,10)/t4-,5-,7+/m1/s1. The molecule has 0 amide bonds. The van der Waals surface area contributed by atoms with Crippen LogP contribution in [-0.2, 0) is 4.79 Å². The summed E-state index contributed by atoms with van der Waals surface area (Å²) < 4.78 is 0. The normalized spacial score (nSPS) is 49.3. The van der Waals surface area contributed by atoms with Gasteiger partial charge >= 0.3 is 5.97 Å². The molecule has 2 aliphatic carbocycles. The molecule has 2 fully saturated rings. The molecule has 3 heteroatoms. The van der Waals surface area contributed by atoms with Gasteiger partial charge < -0.3 is 10.2 Å². The Morgan fingerprint density at radius 2 is 2.30 bits per heavy atom. The van der Waals surface area contributed by atoms with Gasteiger partial charge in [-0.15, -0.1) is 0 Å². The highest BCUT2D eigenvalue weighted by Gasteiger charge is 2.72. The first-order chi connectivity index (χ1) is 4.70. The third-order valence-corrected chi connectivity index (χ3v) is 2.92. The summed E-state index contributed by atoms with van der Waals surface area (Å²) in [4.78, 5) is 10.4. The number of rotatable bonds is 2. The molecular weight excluding hydrogens is 132 g/mol. The highest BCUT2D eigenvalue weighted by molar-refractivity contribution is 5.76. The van der Waals surface area contributed by atoms with E-state index < -0.39 is 5.97 Å². The van der Waals surface area contributed by atoms with E-state index in [4.69, 9.17) is 10.2 Å². The van der Waals surface area contributed by atoms with E-state index in [0.29, 0.717) is 5.92 Å². The number of aliphatic carboxylic acids is 1. The summed E-state index contributed by atoms with van der Waals surface area (Å²) in [6.07, 6.45) is 1.73. The Morgan fingerprint density at radius 3 is 2.60 bits per heavy atom. The lowest BCUT2D eigenvalue weighted by atomic mass is 10.2. The number of carbonyl (C=O) groups is 1. The smallest absolute Gasteiger partial charge is 0.307 e. The van der Waals surface area contributed by atoms with Crippen LogP contribution in [0.4, 0.5) is 0 Å². The van der Waals surface area contributed by atoms with Gasteiger partial charge in [-0.25, -0.2) is 0 Å². The molecule has 2 N–H and O–H groups in total. The van der Waals surface area contributed by atoms with Crippen molar-refractivity contribution >= 4 is 5.97 Å². The Bertz CT molecular complexity index is 189. The van der Waals surface area contributed by atoms with Gasteiger partial charge in [-0.05, 0) is 24.2 Å². The van der Waals surface area contributed by atoms with Crippen molar-refractivity contribution in [2.75, 3.05) is 6.61 Å². The molecule has 0 aromatic carbocycles. The van der Waals surface area contributed by atoms with Crippen LogP contribution in [0.3, 0.4) is 0 Å². The van der Waals surface area contributed by atoms with E-state index in [9.17, 15) is 4.79 Å². The molecule has 0 aromatic heterocycles. The van der Waals surface area contributed by atoms with E-state index >= 15 is 0 Å². The van der Waals surface area contributed by atoms with Gasteiger partial charge in [-0.3, -0.25) is 4.79 Å². The summed E-state index contributed by atoms with van der Waals surface area (Å²) in [5, 5.41) is 17.2. The van der Waals surface area contributed by atoms with Crippen molar-refractivity contribution in [1.29, 1.82) is 0 Å². The maximum atomic E-state index is 10.4. The van der Waals surface area contributed by atoms with Gasteiger partial charge in [0, 0.05) is 6.61 Å². The molecule has 0 bridgehead atoms. The van der Waals surface area contributed by atoms with Crippen LogP contribution < -0.4 is 0 Å². The molecule has 0 aromatic rings. The van der Waals surface area contributed by atoms with Crippen LogP contribution in [0.25, 0.3) is 0 Å². The van der Waals surface area contributed by atoms with Crippen LogP contribution >= 0.6 is 0 Å². The summed E-state index contributed by atoms with van der Waals surface area (Å²) in [6.45, 7) is 0.170. The van der Waals surface area contributed by atoms with E-state index in [1.54, 1.807) is 0 Å². The SMILES string of the molecule is O=C(O)[C@H]1C[C@]12C[C@@H]2CO. The fourth-order valence-electron chi connectivity index (χ4n) is 1.98. The van der Waals surface area contributed by atoms with Gasteiger partial charge in [0.25, 0.3) is 0 Å². The number of aliphatic hydroxyl groups is 1. The lowest BCUT2D eigenvalue weighted by Gasteiger charge is -1.88. The monoisotopic (exact) mass is 142 g/mol. The Hall–Kier alpha value is -0.570. The molecule has 2 aliphatic rings. The minimum absolute atomic E-state index is 0.0561. The third kappa shape index (κ3) is 0.560. The first-order valence-electron chi connectivity index (χ1n) is 3.54. The minimum atomic E-state index is -0.684. The summed E-state index contributed by atoms with van der Waals surface area (Å²) in [5.41, 5.74) is 0.0561. The predicted octanol–water partition coefficient (Wildman–Crippen LogP) is 0.0895. The maximum Gasteiger partial charge on any atom is 0.307 e. The maximum absolute atomic E-state index is 10.4. The molecule has 0 unspecified atom stereocenters. The third-order valence-electron chi connectivity index (χ3n) is 2.92. The van der Waals surface area contributed by atoms with Crippen LogP contribution in [-0.4, -0.2) is 22.8 Å². The van der Waals surface area contributed by atoms with Crippen molar-refractivity contribution in [3.8, 4) is 0 Å². The zero-order valence-electron chi connectivity index (χ0n) is 5.58. The summed E-state index contributed by atoms with van der Waals surface area (Å²) in [7, 11) is 0. The number of hydrogen-bond donors (Lipinski definition) is 2. The van der Waals surface area contributed by atoms with Crippen molar-refractivity contribution in [3.63, 3.8) is 0 Å². The Balaban J connectivity index is 1.97.